The van der Waals surface area contributed by atoms with Crippen molar-refractivity contribution in [3.63, 3.8) is 0 Å². The highest BCUT2D eigenvalue weighted by atomic mass is 16.1. The first-order chi connectivity index (χ1) is 8.77. The Labute approximate surface area is 111 Å². The first kappa shape index (κ1) is 14.9. The van der Waals surface area contributed by atoms with E-state index in [-0.39, 0.29) is 5.78 Å². The third kappa shape index (κ3) is 5.46. The second kappa shape index (κ2) is 8.87. The van der Waals surface area contributed by atoms with Crippen LogP contribution >= 0.6 is 0 Å². The van der Waals surface area contributed by atoms with Gasteiger partial charge in [0.2, 0.25) is 0 Å². The zero-order chi connectivity index (χ0) is 13.2. The molecule has 0 saturated carbocycles. The fraction of sp³-hybridized carbons (Fsp3) is 0.562. The minimum absolute atomic E-state index is 0.278. The third-order valence-corrected chi connectivity index (χ3v) is 3.15. The normalized spacial score (nSPS) is 10.6. The van der Waals surface area contributed by atoms with E-state index in [9.17, 15) is 4.79 Å². The fourth-order valence-corrected chi connectivity index (χ4v) is 2.12. The molecule has 2 nitrogen and oxygen atoms in total. The Bertz CT molecular complexity index is 360. The maximum atomic E-state index is 12.0. The van der Waals surface area contributed by atoms with E-state index in [1.807, 2.05) is 18.2 Å². The standard InChI is InChI=1S/C16H25NO/c1-2-8-14-9-7-10-15(13-14)16(18)11-5-3-4-6-12-17/h7,9-10,13H,2-6,8,11-12,17H2,1H3. The summed E-state index contributed by atoms with van der Waals surface area (Å²) >= 11 is 0. The van der Waals surface area contributed by atoms with Crippen molar-refractivity contribution in [2.24, 2.45) is 5.73 Å². The van der Waals surface area contributed by atoms with E-state index in [0.29, 0.717) is 6.42 Å². The van der Waals surface area contributed by atoms with Gasteiger partial charge in [-0.05, 0) is 37.4 Å². The number of hydrogen-bond donors (Lipinski definition) is 1. The number of ketones is 1. The topological polar surface area (TPSA) is 43.1 Å². The first-order valence-corrected chi connectivity index (χ1v) is 7.10. The number of carbonyl (C=O) groups excluding carboxylic acids is 1. The van der Waals surface area contributed by atoms with E-state index in [4.69, 9.17) is 5.73 Å². The Morgan fingerprint density at radius 2 is 1.94 bits per heavy atom. The Hall–Kier alpha value is -1.15. The number of Topliss-reactive ketones (excluding diaryl/α,β-unsaturated/α-hetero) is 1. The molecule has 0 aromatic heterocycles. The molecular formula is C16H25NO. The van der Waals surface area contributed by atoms with Gasteiger partial charge in [-0.15, -0.1) is 0 Å². The Balaban J connectivity index is 2.38. The quantitative estimate of drug-likeness (QED) is 0.533. The van der Waals surface area contributed by atoms with Crippen LogP contribution in [0.2, 0.25) is 0 Å². The van der Waals surface area contributed by atoms with E-state index < -0.39 is 0 Å². The Morgan fingerprint density at radius 1 is 1.17 bits per heavy atom. The highest BCUT2D eigenvalue weighted by Gasteiger charge is 2.05. The highest BCUT2D eigenvalue weighted by Crippen LogP contribution is 2.12. The van der Waals surface area contributed by atoms with Crippen LogP contribution in [0.4, 0.5) is 0 Å². The summed E-state index contributed by atoms with van der Waals surface area (Å²) in [5, 5.41) is 0. The second-order valence-corrected chi connectivity index (χ2v) is 4.83. The summed E-state index contributed by atoms with van der Waals surface area (Å²) in [5.41, 5.74) is 7.58. The number of aryl methyl sites for hydroxylation is 1. The zero-order valence-corrected chi connectivity index (χ0v) is 11.5. The van der Waals surface area contributed by atoms with Crippen molar-refractivity contribution < 1.29 is 4.79 Å². The second-order valence-electron chi connectivity index (χ2n) is 4.83. The molecule has 0 amide bonds. The molecule has 1 aromatic carbocycles. The van der Waals surface area contributed by atoms with E-state index in [0.717, 1.165) is 50.6 Å². The van der Waals surface area contributed by atoms with Gasteiger partial charge in [-0.3, -0.25) is 4.79 Å². The largest absolute Gasteiger partial charge is 0.330 e. The summed E-state index contributed by atoms with van der Waals surface area (Å²) in [6.45, 7) is 2.92. The molecule has 0 fully saturated rings. The van der Waals surface area contributed by atoms with Crippen molar-refractivity contribution in [1.29, 1.82) is 0 Å². The molecule has 18 heavy (non-hydrogen) atoms. The summed E-state index contributed by atoms with van der Waals surface area (Å²) in [6, 6.07) is 8.07. The molecule has 0 aliphatic carbocycles. The molecular weight excluding hydrogens is 222 g/mol. The average molecular weight is 247 g/mol. The van der Waals surface area contributed by atoms with Crippen LogP contribution in [0.15, 0.2) is 24.3 Å². The van der Waals surface area contributed by atoms with Gasteiger partial charge in [0, 0.05) is 12.0 Å². The molecule has 0 aliphatic rings. The van der Waals surface area contributed by atoms with E-state index >= 15 is 0 Å². The summed E-state index contributed by atoms with van der Waals surface area (Å²) < 4.78 is 0. The van der Waals surface area contributed by atoms with Gasteiger partial charge in [0.25, 0.3) is 0 Å². The maximum absolute atomic E-state index is 12.0. The van der Waals surface area contributed by atoms with Crippen LogP contribution in [0.1, 0.15) is 61.4 Å². The molecule has 2 N–H and O–H groups in total. The van der Waals surface area contributed by atoms with Crippen molar-refractivity contribution in [2.45, 2.75) is 51.9 Å². The minimum atomic E-state index is 0.278. The summed E-state index contributed by atoms with van der Waals surface area (Å²) in [5.74, 6) is 0.278. The number of carbonyl (C=O) groups is 1. The van der Waals surface area contributed by atoms with E-state index in [1.54, 1.807) is 0 Å². The van der Waals surface area contributed by atoms with Gasteiger partial charge in [0.1, 0.15) is 0 Å². The molecule has 0 spiro atoms. The van der Waals surface area contributed by atoms with Crippen molar-refractivity contribution in [1.82, 2.24) is 0 Å². The SMILES string of the molecule is CCCc1cccc(C(=O)CCCCCCN)c1. The molecule has 0 radical (unpaired) electrons. The lowest BCUT2D eigenvalue weighted by atomic mass is 10.0. The molecule has 0 saturated heterocycles. The summed E-state index contributed by atoms with van der Waals surface area (Å²) in [4.78, 5) is 12.0. The van der Waals surface area contributed by atoms with Crippen molar-refractivity contribution in [3.8, 4) is 0 Å². The van der Waals surface area contributed by atoms with Gasteiger partial charge in [-0.1, -0.05) is 44.4 Å². The summed E-state index contributed by atoms with van der Waals surface area (Å²) in [6.07, 6.45) is 7.14. The molecule has 0 atom stereocenters. The number of rotatable bonds is 9. The minimum Gasteiger partial charge on any atom is -0.330 e. The van der Waals surface area contributed by atoms with Crippen molar-refractivity contribution in [2.75, 3.05) is 6.54 Å². The predicted molar refractivity (Wildman–Crippen MR) is 76.9 cm³/mol. The predicted octanol–water partition coefficient (Wildman–Crippen LogP) is 3.73. The van der Waals surface area contributed by atoms with E-state index in [2.05, 4.69) is 13.0 Å². The van der Waals surface area contributed by atoms with Crippen molar-refractivity contribution in [3.05, 3.63) is 35.4 Å². The molecule has 0 aliphatic heterocycles. The van der Waals surface area contributed by atoms with Crippen LogP contribution in [0.5, 0.6) is 0 Å². The van der Waals surface area contributed by atoms with Gasteiger partial charge < -0.3 is 5.73 Å². The fourth-order valence-electron chi connectivity index (χ4n) is 2.12. The van der Waals surface area contributed by atoms with Gasteiger partial charge in [0.15, 0.2) is 5.78 Å². The van der Waals surface area contributed by atoms with Crippen LogP contribution in [0.3, 0.4) is 0 Å². The molecule has 0 unspecified atom stereocenters. The molecule has 0 bridgehead atoms. The van der Waals surface area contributed by atoms with Crippen LogP contribution in [0, 0.1) is 0 Å². The lowest BCUT2D eigenvalue weighted by Gasteiger charge is -2.04. The number of benzene rings is 1. The molecule has 1 rings (SSSR count). The maximum Gasteiger partial charge on any atom is 0.162 e. The molecule has 2 heteroatoms. The van der Waals surface area contributed by atoms with Crippen molar-refractivity contribution >= 4 is 5.78 Å². The Kier molecular flexibility index (Phi) is 7.35. The van der Waals surface area contributed by atoms with Gasteiger partial charge in [0.05, 0.1) is 0 Å². The smallest absolute Gasteiger partial charge is 0.162 e. The lowest BCUT2D eigenvalue weighted by molar-refractivity contribution is 0.0979. The van der Waals surface area contributed by atoms with Crippen LogP contribution in [0.25, 0.3) is 0 Å². The summed E-state index contributed by atoms with van der Waals surface area (Å²) in [7, 11) is 0. The zero-order valence-electron chi connectivity index (χ0n) is 11.5. The van der Waals surface area contributed by atoms with Gasteiger partial charge in [-0.2, -0.15) is 0 Å². The van der Waals surface area contributed by atoms with E-state index in [1.165, 1.54) is 5.56 Å². The van der Waals surface area contributed by atoms with Crippen LogP contribution in [-0.2, 0) is 6.42 Å². The average Bonchev–Trinajstić information content (AvgIpc) is 2.39. The molecule has 100 valence electrons. The molecule has 1 aromatic rings. The third-order valence-electron chi connectivity index (χ3n) is 3.15. The number of hydrogen-bond acceptors (Lipinski definition) is 2. The first-order valence-electron chi connectivity index (χ1n) is 7.10. The molecule has 0 heterocycles. The van der Waals surface area contributed by atoms with Crippen LogP contribution < -0.4 is 5.73 Å². The number of nitrogens with two attached hydrogens (primary N) is 1. The van der Waals surface area contributed by atoms with Gasteiger partial charge >= 0.3 is 0 Å². The number of unbranched alkanes of at least 4 members (excludes halogenated alkanes) is 3. The van der Waals surface area contributed by atoms with Gasteiger partial charge in [-0.25, -0.2) is 0 Å². The lowest BCUT2D eigenvalue weighted by Crippen LogP contribution is -2.01. The van der Waals surface area contributed by atoms with Crippen LogP contribution in [-0.4, -0.2) is 12.3 Å². The monoisotopic (exact) mass is 247 g/mol. The highest BCUT2D eigenvalue weighted by molar-refractivity contribution is 5.96. The Morgan fingerprint density at radius 3 is 2.67 bits per heavy atom.